The highest BCUT2D eigenvalue weighted by Gasteiger charge is 2.18. The van der Waals surface area contributed by atoms with Gasteiger partial charge in [-0.2, -0.15) is 5.10 Å². The quantitative estimate of drug-likeness (QED) is 0.532. The first-order valence-electron chi connectivity index (χ1n) is 3.74. The molecule has 0 fully saturated rings. The first-order valence-corrected chi connectivity index (χ1v) is 3.74. The number of aromatic nitrogens is 2. The van der Waals surface area contributed by atoms with Crippen molar-refractivity contribution >= 4 is 5.69 Å². The summed E-state index contributed by atoms with van der Waals surface area (Å²) in [5.41, 5.74) is -1.54. The van der Waals surface area contributed by atoms with Crippen molar-refractivity contribution in [1.29, 1.82) is 0 Å². The van der Waals surface area contributed by atoms with Gasteiger partial charge in [0.05, 0.1) is 11.5 Å². The molecule has 0 saturated heterocycles. The lowest BCUT2D eigenvalue weighted by Crippen LogP contribution is -2.21. The fourth-order valence-electron chi connectivity index (χ4n) is 0.919. The van der Waals surface area contributed by atoms with Gasteiger partial charge in [-0.15, -0.1) is 0 Å². The molecule has 13 heavy (non-hydrogen) atoms. The summed E-state index contributed by atoms with van der Waals surface area (Å²) < 4.78 is 14.3. The van der Waals surface area contributed by atoms with Crippen LogP contribution in [0.3, 0.4) is 0 Å². The van der Waals surface area contributed by atoms with Crippen molar-refractivity contribution in [3.8, 4) is 0 Å². The molecule has 72 valence electrons. The van der Waals surface area contributed by atoms with E-state index in [1.54, 1.807) is 0 Å². The molecule has 0 atom stereocenters. The Morgan fingerprint density at radius 3 is 2.77 bits per heavy atom. The molecule has 0 spiro atoms. The maximum Gasteiger partial charge on any atom is 0.306 e. The molecule has 1 heterocycles. The van der Waals surface area contributed by atoms with Crippen molar-refractivity contribution in [2.24, 2.45) is 0 Å². The second-order valence-electron chi connectivity index (χ2n) is 3.37. The molecule has 1 aromatic rings. The number of hydrogen-bond acceptors (Lipinski definition) is 3. The van der Waals surface area contributed by atoms with Gasteiger partial charge in [-0.25, -0.2) is 4.39 Å². The van der Waals surface area contributed by atoms with E-state index in [1.165, 1.54) is 24.7 Å². The van der Waals surface area contributed by atoms with Gasteiger partial charge in [0.1, 0.15) is 18.1 Å². The second kappa shape index (κ2) is 3.12. The molecular weight excluding hydrogens is 177 g/mol. The highest BCUT2D eigenvalue weighted by atomic mass is 19.1. The topological polar surface area (TPSA) is 61.0 Å². The summed E-state index contributed by atoms with van der Waals surface area (Å²) in [5.74, 6) is 0. The van der Waals surface area contributed by atoms with Gasteiger partial charge in [0.15, 0.2) is 0 Å². The molecule has 0 saturated carbocycles. The minimum atomic E-state index is -1.42. The van der Waals surface area contributed by atoms with Crippen LogP contribution in [0.4, 0.5) is 10.1 Å². The van der Waals surface area contributed by atoms with E-state index in [9.17, 15) is 14.5 Å². The van der Waals surface area contributed by atoms with Crippen LogP contribution >= 0.6 is 0 Å². The van der Waals surface area contributed by atoms with Crippen molar-refractivity contribution < 1.29 is 9.31 Å². The molecule has 0 aromatic carbocycles. The lowest BCUT2D eigenvalue weighted by atomic mass is 10.2. The van der Waals surface area contributed by atoms with E-state index in [-0.39, 0.29) is 12.2 Å². The van der Waals surface area contributed by atoms with Gasteiger partial charge in [-0.3, -0.25) is 14.8 Å². The third kappa shape index (κ3) is 2.81. The summed E-state index contributed by atoms with van der Waals surface area (Å²) in [5, 5.41) is 13.9. The van der Waals surface area contributed by atoms with Crippen molar-refractivity contribution in [3.05, 3.63) is 22.5 Å². The number of alkyl halides is 1. The SMILES string of the molecule is CC(C)(F)Cn1cc([N+](=O)[O-])cn1. The minimum Gasteiger partial charge on any atom is -0.262 e. The second-order valence-corrected chi connectivity index (χ2v) is 3.37. The highest BCUT2D eigenvalue weighted by Crippen LogP contribution is 2.14. The molecule has 0 aliphatic carbocycles. The van der Waals surface area contributed by atoms with E-state index in [4.69, 9.17) is 0 Å². The van der Waals surface area contributed by atoms with E-state index in [2.05, 4.69) is 5.10 Å². The van der Waals surface area contributed by atoms with E-state index < -0.39 is 10.6 Å². The van der Waals surface area contributed by atoms with Gasteiger partial charge in [0, 0.05) is 0 Å². The average Bonchev–Trinajstić information content (AvgIpc) is 2.31. The monoisotopic (exact) mass is 187 g/mol. The zero-order chi connectivity index (χ0) is 10.1. The van der Waals surface area contributed by atoms with E-state index >= 15 is 0 Å². The van der Waals surface area contributed by atoms with Crippen LogP contribution in [0.15, 0.2) is 12.4 Å². The van der Waals surface area contributed by atoms with Crippen molar-refractivity contribution in [2.45, 2.75) is 26.1 Å². The summed E-state index contributed by atoms with van der Waals surface area (Å²) in [6, 6.07) is 0. The molecule has 0 radical (unpaired) electrons. The third-order valence-electron chi connectivity index (χ3n) is 1.37. The Morgan fingerprint density at radius 2 is 2.38 bits per heavy atom. The largest absolute Gasteiger partial charge is 0.306 e. The van der Waals surface area contributed by atoms with E-state index in [1.807, 2.05) is 0 Å². The van der Waals surface area contributed by atoms with Crippen LogP contribution in [-0.4, -0.2) is 20.4 Å². The molecule has 1 aromatic heterocycles. The molecule has 0 unspecified atom stereocenters. The van der Waals surface area contributed by atoms with Crippen molar-refractivity contribution in [2.75, 3.05) is 0 Å². The fourth-order valence-corrected chi connectivity index (χ4v) is 0.919. The summed E-state index contributed by atoms with van der Waals surface area (Å²) >= 11 is 0. The van der Waals surface area contributed by atoms with Gasteiger partial charge in [-0.1, -0.05) is 0 Å². The Hall–Kier alpha value is -1.46. The van der Waals surface area contributed by atoms with Crippen LogP contribution in [-0.2, 0) is 6.54 Å². The fraction of sp³-hybridized carbons (Fsp3) is 0.571. The summed E-state index contributed by atoms with van der Waals surface area (Å²) in [4.78, 5) is 9.68. The Labute approximate surface area is 74.3 Å². The number of nitrogens with zero attached hydrogens (tertiary/aromatic N) is 3. The maximum atomic E-state index is 13.1. The van der Waals surface area contributed by atoms with Crippen LogP contribution in [0.1, 0.15) is 13.8 Å². The smallest absolute Gasteiger partial charge is 0.262 e. The van der Waals surface area contributed by atoms with Crippen molar-refractivity contribution in [1.82, 2.24) is 9.78 Å². The van der Waals surface area contributed by atoms with Gasteiger partial charge in [0.25, 0.3) is 0 Å². The third-order valence-corrected chi connectivity index (χ3v) is 1.37. The number of rotatable bonds is 3. The standard InChI is InChI=1S/C7H10FN3O2/c1-7(2,8)5-10-4-6(3-9-10)11(12)13/h3-4H,5H2,1-2H3. The Morgan fingerprint density at radius 1 is 1.77 bits per heavy atom. The molecule has 0 aliphatic rings. The summed E-state index contributed by atoms with van der Waals surface area (Å²) in [6.07, 6.45) is 2.31. The zero-order valence-corrected chi connectivity index (χ0v) is 7.40. The van der Waals surface area contributed by atoms with Crippen LogP contribution in [0.5, 0.6) is 0 Å². The molecule has 0 aliphatic heterocycles. The predicted molar refractivity (Wildman–Crippen MR) is 44.1 cm³/mol. The number of nitro groups is 1. The first-order chi connectivity index (χ1) is 5.88. The van der Waals surface area contributed by atoms with E-state index in [0.717, 1.165) is 6.20 Å². The highest BCUT2D eigenvalue weighted by molar-refractivity contribution is 5.20. The molecule has 0 N–H and O–H groups in total. The lowest BCUT2D eigenvalue weighted by molar-refractivity contribution is -0.385. The Bertz CT molecular complexity index is 316. The maximum absolute atomic E-state index is 13.1. The average molecular weight is 187 g/mol. The molecular formula is C7H10FN3O2. The van der Waals surface area contributed by atoms with E-state index in [0.29, 0.717) is 0 Å². The van der Waals surface area contributed by atoms with Gasteiger partial charge < -0.3 is 0 Å². The number of hydrogen-bond donors (Lipinski definition) is 0. The van der Waals surface area contributed by atoms with Gasteiger partial charge >= 0.3 is 5.69 Å². The normalized spacial score (nSPS) is 11.6. The first kappa shape index (κ1) is 9.63. The zero-order valence-electron chi connectivity index (χ0n) is 7.40. The molecule has 0 amide bonds. The van der Waals surface area contributed by atoms with Crippen LogP contribution < -0.4 is 0 Å². The van der Waals surface area contributed by atoms with Crippen molar-refractivity contribution in [3.63, 3.8) is 0 Å². The van der Waals surface area contributed by atoms with Crippen LogP contribution in [0.25, 0.3) is 0 Å². The summed E-state index contributed by atoms with van der Waals surface area (Å²) in [7, 11) is 0. The van der Waals surface area contributed by atoms with Crippen LogP contribution in [0.2, 0.25) is 0 Å². The van der Waals surface area contributed by atoms with Crippen LogP contribution in [0, 0.1) is 10.1 Å². The molecule has 5 nitrogen and oxygen atoms in total. The Kier molecular flexibility index (Phi) is 2.31. The molecule has 0 bridgehead atoms. The molecule has 1 rings (SSSR count). The minimum absolute atomic E-state index is 0.0147. The summed E-state index contributed by atoms with van der Waals surface area (Å²) in [6.45, 7) is 2.79. The van der Waals surface area contributed by atoms with Gasteiger partial charge in [0.2, 0.25) is 0 Å². The molecule has 6 heteroatoms. The lowest BCUT2D eigenvalue weighted by Gasteiger charge is -2.12. The Balaban J connectivity index is 2.75. The number of halogens is 1. The predicted octanol–water partition coefficient (Wildman–Crippen LogP) is 1.54. The van der Waals surface area contributed by atoms with Gasteiger partial charge in [-0.05, 0) is 13.8 Å².